The smallest absolute Gasteiger partial charge is 0.317 e. The van der Waals surface area contributed by atoms with Crippen molar-refractivity contribution < 1.29 is 18.7 Å². The number of urea groups is 1. The lowest BCUT2D eigenvalue weighted by Gasteiger charge is -2.32. The molecule has 2 aromatic rings. The number of carbonyl (C=O) groups is 1. The second-order valence-corrected chi connectivity index (χ2v) is 7.93. The quantitative estimate of drug-likeness (QED) is 0.792. The van der Waals surface area contributed by atoms with Gasteiger partial charge in [0.1, 0.15) is 17.7 Å². The van der Waals surface area contributed by atoms with Crippen molar-refractivity contribution in [3.8, 4) is 5.88 Å². The van der Waals surface area contributed by atoms with Crippen LogP contribution in [-0.2, 0) is 30.5 Å². The van der Waals surface area contributed by atoms with E-state index in [1.165, 1.54) is 12.1 Å². The molecule has 1 fully saturated rings. The van der Waals surface area contributed by atoms with E-state index in [4.69, 9.17) is 9.47 Å². The molecule has 8 heteroatoms. The number of nitrogens with one attached hydrogen (secondary N) is 1. The van der Waals surface area contributed by atoms with E-state index in [0.717, 1.165) is 54.7 Å². The molecular formula is C23H29FN4O3. The standard InChI is InChI=1S/C23H29FN4O3/c1-2-21-26-20-9-13-30-12-8-19(20)22(27-21)31-18-6-10-28(11-7-18)23(29)25-15-16-4-3-5-17(24)14-16/h3-5,14,18H,2,6-13,15H2,1H3,(H,25,29). The van der Waals surface area contributed by atoms with Gasteiger partial charge in [0.2, 0.25) is 5.88 Å². The first-order chi connectivity index (χ1) is 15.1. The molecule has 0 saturated carbocycles. The van der Waals surface area contributed by atoms with Crippen LogP contribution in [0.1, 0.15) is 42.4 Å². The number of aromatic nitrogens is 2. The van der Waals surface area contributed by atoms with Crippen molar-refractivity contribution in [2.24, 2.45) is 0 Å². The van der Waals surface area contributed by atoms with Crippen molar-refractivity contribution >= 4 is 6.03 Å². The third-order valence-corrected chi connectivity index (χ3v) is 5.74. The molecule has 2 aliphatic heterocycles. The molecule has 166 valence electrons. The Morgan fingerprint density at radius 1 is 1.26 bits per heavy atom. The van der Waals surface area contributed by atoms with Crippen LogP contribution in [0.2, 0.25) is 0 Å². The molecule has 1 N–H and O–H groups in total. The van der Waals surface area contributed by atoms with Crippen LogP contribution in [0.15, 0.2) is 24.3 Å². The molecule has 0 spiro atoms. The van der Waals surface area contributed by atoms with E-state index in [1.807, 2.05) is 6.92 Å². The highest BCUT2D eigenvalue weighted by Gasteiger charge is 2.26. The molecule has 1 aromatic carbocycles. The molecule has 7 nitrogen and oxygen atoms in total. The Hall–Kier alpha value is -2.74. The number of rotatable bonds is 5. The second kappa shape index (κ2) is 10.0. The van der Waals surface area contributed by atoms with E-state index in [0.29, 0.717) is 38.7 Å². The number of amides is 2. The number of likely N-dealkylation sites (tertiary alicyclic amines) is 1. The zero-order valence-electron chi connectivity index (χ0n) is 17.9. The number of hydrogen-bond acceptors (Lipinski definition) is 5. The van der Waals surface area contributed by atoms with Crippen molar-refractivity contribution in [2.75, 3.05) is 26.3 Å². The summed E-state index contributed by atoms with van der Waals surface area (Å²) in [4.78, 5) is 23.6. The monoisotopic (exact) mass is 428 g/mol. The van der Waals surface area contributed by atoms with Gasteiger partial charge in [0.25, 0.3) is 0 Å². The van der Waals surface area contributed by atoms with E-state index >= 15 is 0 Å². The van der Waals surface area contributed by atoms with Crippen LogP contribution in [0.3, 0.4) is 0 Å². The Morgan fingerprint density at radius 2 is 2.06 bits per heavy atom. The lowest BCUT2D eigenvalue weighted by Crippen LogP contribution is -2.46. The van der Waals surface area contributed by atoms with E-state index in [-0.39, 0.29) is 18.0 Å². The number of ether oxygens (including phenoxy) is 2. The minimum absolute atomic E-state index is 0.0140. The van der Waals surface area contributed by atoms with Crippen LogP contribution in [0, 0.1) is 5.82 Å². The van der Waals surface area contributed by atoms with E-state index in [1.54, 1.807) is 17.0 Å². The number of aryl methyl sites for hydroxylation is 1. The van der Waals surface area contributed by atoms with E-state index in [9.17, 15) is 9.18 Å². The maximum absolute atomic E-state index is 13.3. The van der Waals surface area contributed by atoms with Crippen molar-refractivity contribution in [3.63, 3.8) is 0 Å². The van der Waals surface area contributed by atoms with Gasteiger partial charge >= 0.3 is 6.03 Å². The van der Waals surface area contributed by atoms with Gasteiger partial charge in [-0.3, -0.25) is 0 Å². The molecule has 0 atom stereocenters. The topological polar surface area (TPSA) is 76.6 Å². The number of benzene rings is 1. The molecule has 0 bridgehead atoms. The predicted octanol–water partition coefficient (Wildman–Crippen LogP) is 3.05. The van der Waals surface area contributed by atoms with Crippen molar-refractivity contribution in [1.29, 1.82) is 0 Å². The number of fused-ring (bicyclic) bond motifs is 1. The zero-order chi connectivity index (χ0) is 21.6. The Labute approximate surface area is 182 Å². The normalized spacial score (nSPS) is 17.0. The maximum atomic E-state index is 13.3. The minimum Gasteiger partial charge on any atom is -0.474 e. The summed E-state index contributed by atoms with van der Waals surface area (Å²) < 4.78 is 25.2. The van der Waals surface area contributed by atoms with Gasteiger partial charge in [0.05, 0.1) is 18.9 Å². The van der Waals surface area contributed by atoms with Crippen molar-refractivity contribution in [1.82, 2.24) is 20.2 Å². The number of hydrogen-bond donors (Lipinski definition) is 1. The van der Waals surface area contributed by atoms with Gasteiger partial charge in [-0.1, -0.05) is 19.1 Å². The predicted molar refractivity (Wildman–Crippen MR) is 113 cm³/mol. The fourth-order valence-electron chi connectivity index (χ4n) is 3.99. The number of carbonyl (C=O) groups excluding carboxylic acids is 1. The van der Waals surface area contributed by atoms with E-state index in [2.05, 4.69) is 15.3 Å². The second-order valence-electron chi connectivity index (χ2n) is 7.93. The summed E-state index contributed by atoms with van der Waals surface area (Å²) in [5.74, 6) is 1.18. The van der Waals surface area contributed by atoms with Gasteiger partial charge in [-0.25, -0.2) is 14.2 Å². The van der Waals surface area contributed by atoms with E-state index < -0.39 is 0 Å². The van der Waals surface area contributed by atoms with Crippen LogP contribution in [0.4, 0.5) is 9.18 Å². The van der Waals surface area contributed by atoms with Crippen molar-refractivity contribution in [3.05, 3.63) is 52.7 Å². The Bertz CT molecular complexity index is 916. The maximum Gasteiger partial charge on any atom is 0.317 e. The molecule has 2 amide bonds. The summed E-state index contributed by atoms with van der Waals surface area (Å²) in [5.41, 5.74) is 2.84. The summed E-state index contributed by atoms with van der Waals surface area (Å²) in [7, 11) is 0. The SMILES string of the molecule is CCc1nc2c(c(OC3CCN(C(=O)NCc4cccc(F)c4)CC3)n1)CCOCC2. The molecule has 0 aliphatic carbocycles. The fourth-order valence-corrected chi connectivity index (χ4v) is 3.99. The largest absolute Gasteiger partial charge is 0.474 e. The summed E-state index contributed by atoms with van der Waals surface area (Å²) in [6.07, 6.45) is 3.80. The van der Waals surface area contributed by atoms with Gasteiger partial charge in [-0.15, -0.1) is 0 Å². The van der Waals surface area contributed by atoms with Gasteiger partial charge in [-0.2, -0.15) is 4.98 Å². The van der Waals surface area contributed by atoms with Crippen LogP contribution in [0.25, 0.3) is 0 Å². The average Bonchev–Trinajstić information content (AvgIpc) is 3.03. The highest BCUT2D eigenvalue weighted by atomic mass is 19.1. The first kappa shape index (κ1) is 21.5. The summed E-state index contributed by atoms with van der Waals surface area (Å²) >= 11 is 0. The molecule has 4 rings (SSSR count). The number of piperidine rings is 1. The Morgan fingerprint density at radius 3 is 2.84 bits per heavy atom. The third kappa shape index (κ3) is 5.50. The van der Waals surface area contributed by atoms with Crippen molar-refractivity contribution in [2.45, 2.75) is 51.7 Å². The Kier molecular flexibility index (Phi) is 6.96. The molecule has 0 unspecified atom stereocenters. The van der Waals surface area contributed by atoms with Crippen LogP contribution < -0.4 is 10.1 Å². The molecule has 1 aromatic heterocycles. The molecule has 2 aliphatic rings. The fraction of sp³-hybridized carbons (Fsp3) is 0.522. The number of nitrogens with zero attached hydrogens (tertiary/aromatic N) is 3. The van der Waals surface area contributed by atoms with Gasteiger partial charge in [0.15, 0.2) is 0 Å². The van der Waals surface area contributed by atoms with Crippen LogP contribution in [0.5, 0.6) is 5.88 Å². The average molecular weight is 429 g/mol. The van der Waals surface area contributed by atoms with Gasteiger partial charge in [-0.05, 0) is 17.7 Å². The zero-order valence-corrected chi connectivity index (χ0v) is 17.9. The molecule has 1 saturated heterocycles. The van der Waals surface area contributed by atoms with Crippen LogP contribution in [-0.4, -0.2) is 53.3 Å². The van der Waals surface area contributed by atoms with Gasteiger partial charge < -0.3 is 19.7 Å². The highest BCUT2D eigenvalue weighted by molar-refractivity contribution is 5.74. The first-order valence-corrected chi connectivity index (χ1v) is 11.0. The first-order valence-electron chi connectivity index (χ1n) is 11.0. The lowest BCUT2D eigenvalue weighted by molar-refractivity contribution is 0.105. The molecule has 0 radical (unpaired) electrons. The summed E-state index contributed by atoms with van der Waals surface area (Å²) in [6, 6.07) is 6.13. The summed E-state index contributed by atoms with van der Waals surface area (Å²) in [6.45, 7) is 4.90. The van der Waals surface area contributed by atoms with Crippen LogP contribution >= 0.6 is 0 Å². The highest BCUT2D eigenvalue weighted by Crippen LogP contribution is 2.26. The minimum atomic E-state index is -0.301. The van der Waals surface area contributed by atoms with Gasteiger partial charge in [0, 0.05) is 57.3 Å². The Balaban J connectivity index is 1.32. The molecular weight excluding hydrogens is 399 g/mol. The summed E-state index contributed by atoms with van der Waals surface area (Å²) in [5, 5.41) is 2.87. The third-order valence-electron chi connectivity index (χ3n) is 5.74. The molecule has 3 heterocycles. The molecule has 31 heavy (non-hydrogen) atoms. The number of halogens is 1. The lowest BCUT2D eigenvalue weighted by atomic mass is 10.1.